The summed E-state index contributed by atoms with van der Waals surface area (Å²) in [6, 6.07) is 3.39. The van der Waals surface area contributed by atoms with Gasteiger partial charge in [-0.25, -0.2) is 4.98 Å². The number of rotatable bonds is 7. The molecular formula is C16H25N5O3. The van der Waals surface area contributed by atoms with Gasteiger partial charge in [-0.1, -0.05) is 0 Å². The molecule has 2 N–H and O–H groups in total. The number of nitrogens with zero attached hydrogens (tertiary/aromatic N) is 3. The molecular weight excluding hydrogens is 310 g/mol. The molecule has 132 valence electrons. The van der Waals surface area contributed by atoms with Gasteiger partial charge in [-0.05, 0) is 12.1 Å². The van der Waals surface area contributed by atoms with Gasteiger partial charge in [0, 0.05) is 46.5 Å². The van der Waals surface area contributed by atoms with Gasteiger partial charge in [0.1, 0.15) is 5.82 Å². The maximum atomic E-state index is 12.2. The van der Waals surface area contributed by atoms with Crippen molar-refractivity contribution in [3.05, 3.63) is 23.9 Å². The van der Waals surface area contributed by atoms with Crippen LogP contribution in [-0.4, -0.2) is 81.7 Å². The molecule has 0 radical (unpaired) electrons. The van der Waals surface area contributed by atoms with Crippen molar-refractivity contribution in [2.45, 2.75) is 0 Å². The van der Waals surface area contributed by atoms with Crippen molar-refractivity contribution in [3.8, 4) is 0 Å². The van der Waals surface area contributed by atoms with Crippen LogP contribution < -0.4 is 15.5 Å². The van der Waals surface area contributed by atoms with E-state index in [1.54, 1.807) is 23.2 Å². The van der Waals surface area contributed by atoms with Crippen LogP contribution in [0.3, 0.4) is 0 Å². The number of amides is 2. The second kappa shape index (κ2) is 9.19. The summed E-state index contributed by atoms with van der Waals surface area (Å²) >= 11 is 0. The molecule has 0 spiro atoms. The molecule has 1 aromatic heterocycles. The van der Waals surface area contributed by atoms with Gasteiger partial charge in [0.05, 0.1) is 25.3 Å². The number of nitrogens with one attached hydrogen (secondary N) is 2. The molecule has 1 aromatic rings. The fourth-order valence-electron chi connectivity index (χ4n) is 2.43. The number of aromatic nitrogens is 1. The molecule has 1 aliphatic heterocycles. The predicted octanol–water partition coefficient (Wildman–Crippen LogP) is -0.674. The molecule has 1 saturated heterocycles. The lowest BCUT2D eigenvalue weighted by Gasteiger charge is -2.26. The number of anilines is 1. The van der Waals surface area contributed by atoms with Gasteiger partial charge in [-0.2, -0.15) is 0 Å². The molecule has 1 aliphatic rings. The van der Waals surface area contributed by atoms with Gasteiger partial charge in [0.2, 0.25) is 5.91 Å². The first-order valence-corrected chi connectivity index (χ1v) is 8.05. The van der Waals surface area contributed by atoms with Crippen LogP contribution in [0.1, 0.15) is 10.4 Å². The SMILES string of the molecule is CN(C)c1ncccc1C(=O)NCC(=O)NCCN1CCOCC1. The van der Waals surface area contributed by atoms with Crippen LogP contribution in [0.15, 0.2) is 18.3 Å². The maximum Gasteiger partial charge on any atom is 0.255 e. The summed E-state index contributed by atoms with van der Waals surface area (Å²) in [6.45, 7) is 4.55. The van der Waals surface area contributed by atoms with E-state index in [0.717, 1.165) is 32.8 Å². The third-order valence-electron chi connectivity index (χ3n) is 3.72. The van der Waals surface area contributed by atoms with E-state index in [1.807, 2.05) is 14.1 Å². The molecule has 2 heterocycles. The van der Waals surface area contributed by atoms with Crippen LogP contribution in [0.25, 0.3) is 0 Å². The summed E-state index contributed by atoms with van der Waals surface area (Å²) in [5.74, 6) is 0.0600. The van der Waals surface area contributed by atoms with Crippen molar-refractivity contribution in [1.29, 1.82) is 0 Å². The van der Waals surface area contributed by atoms with E-state index in [4.69, 9.17) is 4.74 Å². The van der Waals surface area contributed by atoms with Crippen LogP contribution in [0.2, 0.25) is 0 Å². The summed E-state index contributed by atoms with van der Waals surface area (Å²) in [5.41, 5.74) is 0.448. The molecule has 0 bridgehead atoms. The van der Waals surface area contributed by atoms with Gasteiger partial charge < -0.3 is 20.3 Å². The molecule has 0 atom stereocenters. The van der Waals surface area contributed by atoms with E-state index in [2.05, 4.69) is 20.5 Å². The molecule has 0 saturated carbocycles. The average Bonchev–Trinajstić information content (AvgIpc) is 2.60. The number of carbonyl (C=O) groups is 2. The second-order valence-corrected chi connectivity index (χ2v) is 5.76. The van der Waals surface area contributed by atoms with E-state index in [1.165, 1.54) is 0 Å². The standard InChI is InChI=1S/C16H25N5O3/c1-20(2)15-13(4-3-5-18-15)16(23)19-12-14(22)17-6-7-21-8-10-24-11-9-21/h3-5H,6-12H2,1-2H3,(H,17,22)(H,19,23). The molecule has 0 unspecified atom stereocenters. The Labute approximate surface area is 142 Å². The Morgan fingerprint density at radius 3 is 2.75 bits per heavy atom. The minimum Gasteiger partial charge on any atom is -0.379 e. The number of pyridine rings is 1. The van der Waals surface area contributed by atoms with Crippen LogP contribution in [0, 0.1) is 0 Å². The smallest absolute Gasteiger partial charge is 0.255 e. The summed E-state index contributed by atoms with van der Waals surface area (Å²) < 4.78 is 5.28. The average molecular weight is 335 g/mol. The third kappa shape index (κ3) is 5.47. The Morgan fingerprint density at radius 1 is 1.29 bits per heavy atom. The van der Waals surface area contributed by atoms with E-state index in [9.17, 15) is 9.59 Å². The summed E-state index contributed by atoms with van der Waals surface area (Å²) in [4.78, 5) is 32.2. The molecule has 1 fully saturated rings. The normalized spacial score (nSPS) is 14.9. The molecule has 2 rings (SSSR count). The third-order valence-corrected chi connectivity index (χ3v) is 3.72. The second-order valence-electron chi connectivity index (χ2n) is 5.76. The molecule has 0 aliphatic carbocycles. The van der Waals surface area contributed by atoms with Gasteiger partial charge >= 0.3 is 0 Å². The molecule has 24 heavy (non-hydrogen) atoms. The van der Waals surface area contributed by atoms with Gasteiger partial charge in [-0.15, -0.1) is 0 Å². The van der Waals surface area contributed by atoms with E-state index < -0.39 is 0 Å². The molecule has 2 amide bonds. The van der Waals surface area contributed by atoms with Gasteiger partial charge in [0.15, 0.2) is 0 Å². The highest BCUT2D eigenvalue weighted by atomic mass is 16.5. The van der Waals surface area contributed by atoms with Crippen LogP contribution >= 0.6 is 0 Å². The number of hydrogen-bond acceptors (Lipinski definition) is 6. The van der Waals surface area contributed by atoms with Crippen LogP contribution in [0.4, 0.5) is 5.82 Å². The Morgan fingerprint density at radius 2 is 2.04 bits per heavy atom. The first-order chi connectivity index (χ1) is 11.6. The fourth-order valence-corrected chi connectivity index (χ4v) is 2.43. The predicted molar refractivity (Wildman–Crippen MR) is 91.2 cm³/mol. The lowest BCUT2D eigenvalue weighted by molar-refractivity contribution is -0.120. The summed E-state index contributed by atoms with van der Waals surface area (Å²) in [6.07, 6.45) is 1.63. The Kier molecular flexibility index (Phi) is 6.95. The highest BCUT2D eigenvalue weighted by Crippen LogP contribution is 2.13. The quantitative estimate of drug-likeness (QED) is 0.687. The highest BCUT2D eigenvalue weighted by molar-refractivity contribution is 6.00. The fraction of sp³-hybridized carbons (Fsp3) is 0.562. The number of ether oxygens (including phenoxy) is 1. The van der Waals surface area contributed by atoms with Crippen molar-refractivity contribution >= 4 is 17.6 Å². The van der Waals surface area contributed by atoms with Crippen molar-refractivity contribution in [3.63, 3.8) is 0 Å². The zero-order chi connectivity index (χ0) is 17.4. The maximum absolute atomic E-state index is 12.2. The number of morpholine rings is 1. The van der Waals surface area contributed by atoms with E-state index >= 15 is 0 Å². The van der Waals surface area contributed by atoms with Gasteiger partial charge in [0.25, 0.3) is 5.91 Å². The van der Waals surface area contributed by atoms with Crippen molar-refractivity contribution in [2.75, 3.05) is 64.9 Å². The van der Waals surface area contributed by atoms with Gasteiger partial charge in [-0.3, -0.25) is 14.5 Å². The Hall–Kier alpha value is -2.19. The first-order valence-electron chi connectivity index (χ1n) is 8.05. The largest absolute Gasteiger partial charge is 0.379 e. The van der Waals surface area contributed by atoms with Crippen molar-refractivity contribution in [1.82, 2.24) is 20.5 Å². The summed E-state index contributed by atoms with van der Waals surface area (Å²) in [5, 5.41) is 5.44. The van der Waals surface area contributed by atoms with Crippen molar-refractivity contribution in [2.24, 2.45) is 0 Å². The zero-order valence-electron chi connectivity index (χ0n) is 14.2. The zero-order valence-corrected chi connectivity index (χ0v) is 14.2. The molecule has 0 aromatic carbocycles. The van der Waals surface area contributed by atoms with Crippen molar-refractivity contribution < 1.29 is 14.3 Å². The minimum absolute atomic E-state index is 0.0519. The topological polar surface area (TPSA) is 86.8 Å². The lowest BCUT2D eigenvalue weighted by atomic mass is 10.2. The van der Waals surface area contributed by atoms with E-state index in [-0.39, 0.29) is 18.4 Å². The molecule has 8 heteroatoms. The Balaban J connectivity index is 1.72. The Bertz CT molecular complexity index is 558. The van der Waals surface area contributed by atoms with Crippen LogP contribution in [0.5, 0.6) is 0 Å². The monoisotopic (exact) mass is 335 g/mol. The lowest BCUT2D eigenvalue weighted by Crippen LogP contribution is -2.43. The first kappa shape index (κ1) is 18.2. The highest BCUT2D eigenvalue weighted by Gasteiger charge is 2.15. The van der Waals surface area contributed by atoms with Crippen LogP contribution in [-0.2, 0) is 9.53 Å². The number of carbonyl (C=O) groups excluding carboxylic acids is 2. The molecule has 8 nitrogen and oxygen atoms in total. The van der Waals surface area contributed by atoms with E-state index in [0.29, 0.717) is 17.9 Å². The number of hydrogen-bond donors (Lipinski definition) is 2. The summed E-state index contributed by atoms with van der Waals surface area (Å²) in [7, 11) is 3.63. The minimum atomic E-state index is -0.310.